The van der Waals surface area contributed by atoms with Gasteiger partial charge in [-0.3, -0.25) is 9.78 Å². The fourth-order valence-corrected chi connectivity index (χ4v) is 1.24. The molecule has 0 saturated carbocycles. The number of nitrogens with two attached hydrogens (primary N) is 1. The Hall–Kier alpha value is -2.23. The molecule has 0 fully saturated rings. The first kappa shape index (κ1) is 9.33. The number of hydrogen-bond acceptors (Lipinski definition) is 4. The van der Waals surface area contributed by atoms with Crippen molar-refractivity contribution in [2.24, 2.45) is 0 Å². The molecule has 4 nitrogen and oxygen atoms in total. The zero-order valence-corrected chi connectivity index (χ0v) is 7.92. The number of rotatable bonds is 2. The maximum absolute atomic E-state index is 10.5. The molecule has 0 aliphatic heterocycles. The van der Waals surface area contributed by atoms with Crippen LogP contribution in [0.4, 0.5) is 5.82 Å². The van der Waals surface area contributed by atoms with E-state index >= 15 is 0 Å². The van der Waals surface area contributed by atoms with Gasteiger partial charge in [0.05, 0.1) is 17.0 Å². The van der Waals surface area contributed by atoms with Crippen LogP contribution in [-0.2, 0) is 0 Å². The highest BCUT2D eigenvalue weighted by atomic mass is 16.1. The SMILES string of the molecule is Nc1nc(-c2ccccn2)ccc1C=O. The van der Waals surface area contributed by atoms with E-state index in [-0.39, 0.29) is 5.82 Å². The molecular formula is C11H9N3O. The van der Waals surface area contributed by atoms with Gasteiger partial charge in [0.15, 0.2) is 6.29 Å². The van der Waals surface area contributed by atoms with Crippen molar-refractivity contribution in [3.8, 4) is 11.4 Å². The molecule has 2 aromatic heterocycles. The third-order valence-corrected chi connectivity index (χ3v) is 2.01. The minimum absolute atomic E-state index is 0.230. The summed E-state index contributed by atoms with van der Waals surface area (Å²) in [5.41, 5.74) is 7.40. The van der Waals surface area contributed by atoms with E-state index in [4.69, 9.17) is 5.73 Å². The van der Waals surface area contributed by atoms with Gasteiger partial charge < -0.3 is 5.73 Å². The van der Waals surface area contributed by atoms with Crippen LogP contribution in [-0.4, -0.2) is 16.3 Å². The van der Waals surface area contributed by atoms with Crippen molar-refractivity contribution in [3.05, 3.63) is 42.1 Å². The predicted molar refractivity (Wildman–Crippen MR) is 57.3 cm³/mol. The van der Waals surface area contributed by atoms with Crippen LogP contribution in [0.3, 0.4) is 0 Å². The van der Waals surface area contributed by atoms with E-state index in [2.05, 4.69) is 9.97 Å². The quantitative estimate of drug-likeness (QED) is 0.745. The Morgan fingerprint density at radius 1 is 1.13 bits per heavy atom. The molecule has 0 atom stereocenters. The first-order valence-electron chi connectivity index (χ1n) is 4.44. The molecule has 0 radical (unpaired) electrons. The summed E-state index contributed by atoms with van der Waals surface area (Å²) in [6, 6.07) is 8.89. The number of aromatic nitrogens is 2. The number of pyridine rings is 2. The molecular weight excluding hydrogens is 190 g/mol. The molecule has 2 rings (SSSR count). The van der Waals surface area contributed by atoms with Gasteiger partial charge in [-0.1, -0.05) is 6.07 Å². The largest absolute Gasteiger partial charge is 0.383 e. The van der Waals surface area contributed by atoms with Crippen molar-refractivity contribution in [2.75, 3.05) is 5.73 Å². The first-order chi connectivity index (χ1) is 7.31. The second-order valence-electron chi connectivity index (χ2n) is 3.00. The first-order valence-corrected chi connectivity index (χ1v) is 4.44. The summed E-state index contributed by atoms with van der Waals surface area (Å²) in [5.74, 6) is 0.230. The van der Waals surface area contributed by atoms with Gasteiger partial charge in [0.25, 0.3) is 0 Å². The van der Waals surface area contributed by atoms with Gasteiger partial charge in [0.2, 0.25) is 0 Å². The summed E-state index contributed by atoms with van der Waals surface area (Å²) in [7, 11) is 0. The number of nitrogen functional groups attached to an aromatic ring is 1. The Morgan fingerprint density at radius 3 is 2.60 bits per heavy atom. The summed E-state index contributed by atoms with van der Waals surface area (Å²) in [6.07, 6.45) is 2.37. The number of nitrogens with zero attached hydrogens (tertiary/aromatic N) is 2. The van der Waals surface area contributed by atoms with Crippen LogP contribution in [0.1, 0.15) is 10.4 Å². The van der Waals surface area contributed by atoms with Crippen molar-refractivity contribution >= 4 is 12.1 Å². The number of hydrogen-bond donors (Lipinski definition) is 1. The summed E-state index contributed by atoms with van der Waals surface area (Å²) < 4.78 is 0. The highest BCUT2D eigenvalue weighted by molar-refractivity contribution is 5.82. The van der Waals surface area contributed by atoms with Gasteiger partial charge >= 0.3 is 0 Å². The highest BCUT2D eigenvalue weighted by Crippen LogP contribution is 2.16. The molecule has 0 aliphatic rings. The maximum atomic E-state index is 10.5. The van der Waals surface area contributed by atoms with Gasteiger partial charge in [-0.25, -0.2) is 4.98 Å². The van der Waals surface area contributed by atoms with Crippen LogP contribution in [0.5, 0.6) is 0 Å². The number of anilines is 1. The lowest BCUT2D eigenvalue weighted by Gasteiger charge is -2.02. The lowest BCUT2D eigenvalue weighted by atomic mass is 10.2. The van der Waals surface area contributed by atoms with Gasteiger partial charge in [0, 0.05) is 6.20 Å². The van der Waals surface area contributed by atoms with E-state index in [9.17, 15) is 4.79 Å². The topological polar surface area (TPSA) is 68.9 Å². The van der Waals surface area contributed by atoms with Gasteiger partial charge in [0.1, 0.15) is 5.82 Å². The van der Waals surface area contributed by atoms with E-state index in [1.54, 1.807) is 18.3 Å². The smallest absolute Gasteiger partial charge is 0.153 e. The van der Waals surface area contributed by atoms with Crippen molar-refractivity contribution in [1.82, 2.24) is 9.97 Å². The second kappa shape index (κ2) is 3.88. The average Bonchev–Trinajstić information content (AvgIpc) is 2.30. The molecule has 2 aromatic rings. The third-order valence-electron chi connectivity index (χ3n) is 2.01. The molecule has 0 amide bonds. The minimum Gasteiger partial charge on any atom is -0.383 e. The lowest BCUT2D eigenvalue weighted by Crippen LogP contribution is -1.98. The number of carbonyl (C=O) groups excluding carboxylic acids is 1. The van der Waals surface area contributed by atoms with E-state index in [0.717, 1.165) is 5.69 Å². The molecule has 15 heavy (non-hydrogen) atoms. The molecule has 2 heterocycles. The lowest BCUT2D eigenvalue weighted by molar-refractivity contribution is 0.112. The van der Waals surface area contributed by atoms with Crippen molar-refractivity contribution < 1.29 is 4.79 Å². The minimum atomic E-state index is 0.230. The van der Waals surface area contributed by atoms with Gasteiger partial charge in [-0.05, 0) is 24.3 Å². The fraction of sp³-hybridized carbons (Fsp3) is 0. The average molecular weight is 199 g/mol. The molecule has 74 valence electrons. The maximum Gasteiger partial charge on any atom is 0.153 e. The molecule has 0 bridgehead atoms. The van der Waals surface area contributed by atoms with Gasteiger partial charge in [-0.15, -0.1) is 0 Å². The Bertz CT molecular complexity index is 482. The van der Waals surface area contributed by atoms with Crippen molar-refractivity contribution in [1.29, 1.82) is 0 Å². The standard InChI is InChI=1S/C11H9N3O/c12-11-8(7-15)4-5-10(14-11)9-3-1-2-6-13-9/h1-7H,(H2,12,14). The Labute approximate surface area is 86.8 Å². The number of aldehydes is 1. The Balaban J connectivity index is 2.47. The van der Waals surface area contributed by atoms with Crippen molar-refractivity contribution in [2.45, 2.75) is 0 Å². The Morgan fingerprint density at radius 2 is 2.00 bits per heavy atom. The third kappa shape index (κ3) is 1.83. The normalized spacial score (nSPS) is 9.87. The molecule has 0 saturated heterocycles. The molecule has 2 N–H and O–H groups in total. The number of carbonyl (C=O) groups is 1. The Kier molecular flexibility index (Phi) is 2.41. The van der Waals surface area contributed by atoms with E-state index in [1.165, 1.54) is 0 Å². The summed E-state index contributed by atoms with van der Waals surface area (Å²) in [4.78, 5) is 18.8. The van der Waals surface area contributed by atoms with Crippen LogP contribution >= 0.6 is 0 Å². The van der Waals surface area contributed by atoms with Crippen LogP contribution in [0.2, 0.25) is 0 Å². The fourth-order valence-electron chi connectivity index (χ4n) is 1.24. The molecule has 0 spiro atoms. The zero-order valence-electron chi connectivity index (χ0n) is 7.92. The van der Waals surface area contributed by atoms with E-state index in [1.807, 2.05) is 18.2 Å². The highest BCUT2D eigenvalue weighted by Gasteiger charge is 2.03. The van der Waals surface area contributed by atoms with E-state index < -0.39 is 0 Å². The molecule has 4 heteroatoms. The van der Waals surface area contributed by atoms with Crippen LogP contribution in [0.25, 0.3) is 11.4 Å². The molecule has 0 aliphatic carbocycles. The van der Waals surface area contributed by atoms with E-state index in [0.29, 0.717) is 17.5 Å². The van der Waals surface area contributed by atoms with Crippen LogP contribution < -0.4 is 5.73 Å². The summed E-state index contributed by atoms with van der Waals surface area (Å²) >= 11 is 0. The second-order valence-corrected chi connectivity index (χ2v) is 3.00. The van der Waals surface area contributed by atoms with Crippen LogP contribution in [0, 0.1) is 0 Å². The monoisotopic (exact) mass is 199 g/mol. The van der Waals surface area contributed by atoms with Gasteiger partial charge in [-0.2, -0.15) is 0 Å². The zero-order chi connectivity index (χ0) is 10.7. The summed E-state index contributed by atoms with van der Waals surface area (Å²) in [5, 5.41) is 0. The van der Waals surface area contributed by atoms with Crippen LogP contribution in [0.15, 0.2) is 36.5 Å². The van der Waals surface area contributed by atoms with Crippen molar-refractivity contribution in [3.63, 3.8) is 0 Å². The summed E-state index contributed by atoms with van der Waals surface area (Å²) in [6.45, 7) is 0. The predicted octanol–water partition coefficient (Wildman–Crippen LogP) is 1.54. The molecule has 0 aromatic carbocycles. The molecule has 0 unspecified atom stereocenters.